The lowest BCUT2D eigenvalue weighted by Crippen LogP contribution is -2.12. The van der Waals surface area contributed by atoms with E-state index in [0.717, 1.165) is 0 Å². The molecular formula is C7H11BrF2N4. The van der Waals surface area contributed by atoms with E-state index in [-0.39, 0.29) is 18.3 Å². The number of nitrogens with two attached hydrogens (primary N) is 1. The van der Waals surface area contributed by atoms with Gasteiger partial charge in [-0.05, 0) is 21.8 Å². The van der Waals surface area contributed by atoms with Crippen molar-refractivity contribution in [1.29, 1.82) is 0 Å². The van der Waals surface area contributed by atoms with E-state index in [4.69, 9.17) is 5.73 Å². The van der Waals surface area contributed by atoms with Crippen molar-refractivity contribution < 1.29 is 8.78 Å². The Morgan fingerprint density at radius 1 is 1.57 bits per heavy atom. The summed E-state index contributed by atoms with van der Waals surface area (Å²) in [4.78, 5) is 3.80. The third-order valence-corrected chi connectivity index (χ3v) is 2.29. The predicted octanol–water partition coefficient (Wildman–Crippen LogP) is 1.91. The zero-order chi connectivity index (χ0) is 10.7. The highest BCUT2D eigenvalue weighted by Crippen LogP contribution is 2.15. The Hall–Kier alpha value is -0.720. The Kier molecular flexibility index (Phi) is 3.79. The summed E-state index contributed by atoms with van der Waals surface area (Å²) in [6, 6.07) is 0. The van der Waals surface area contributed by atoms with Crippen LogP contribution in [0.4, 0.5) is 14.7 Å². The second kappa shape index (κ2) is 4.68. The van der Waals surface area contributed by atoms with Crippen LogP contribution in [0.25, 0.3) is 0 Å². The zero-order valence-electron chi connectivity index (χ0n) is 7.62. The molecular weight excluding hydrogens is 258 g/mol. The number of alkyl halides is 2. The molecule has 1 aromatic heterocycles. The van der Waals surface area contributed by atoms with Gasteiger partial charge in [0.05, 0.1) is 0 Å². The van der Waals surface area contributed by atoms with Crippen LogP contribution in [0, 0.1) is 5.92 Å². The summed E-state index contributed by atoms with van der Waals surface area (Å²) in [5.74, 6) is -0.0199. The molecule has 0 bridgehead atoms. The smallest absolute Gasteiger partial charge is 0.240 e. The number of halogens is 3. The number of rotatable bonds is 4. The topological polar surface area (TPSA) is 56.7 Å². The summed E-state index contributed by atoms with van der Waals surface area (Å²) < 4.78 is 26.0. The molecule has 0 fully saturated rings. The first kappa shape index (κ1) is 11.4. The third kappa shape index (κ3) is 3.21. The largest absolute Gasteiger partial charge is 0.366 e. The van der Waals surface area contributed by atoms with Gasteiger partial charge in [-0.25, -0.2) is 13.5 Å². The van der Waals surface area contributed by atoms with Crippen LogP contribution in [0.5, 0.6) is 0 Å². The van der Waals surface area contributed by atoms with Gasteiger partial charge < -0.3 is 5.73 Å². The van der Waals surface area contributed by atoms with Crippen LogP contribution in [0.1, 0.15) is 13.3 Å². The highest BCUT2D eigenvalue weighted by Gasteiger charge is 2.13. The van der Waals surface area contributed by atoms with Gasteiger partial charge in [-0.15, -0.1) is 5.10 Å². The Labute approximate surface area is 88.6 Å². The van der Waals surface area contributed by atoms with E-state index in [1.165, 1.54) is 4.68 Å². The average Bonchev–Trinajstić information content (AvgIpc) is 2.28. The van der Waals surface area contributed by atoms with Gasteiger partial charge in [0.1, 0.15) is 0 Å². The molecule has 1 aromatic rings. The lowest BCUT2D eigenvalue weighted by atomic mass is 10.1. The number of aromatic nitrogens is 3. The van der Waals surface area contributed by atoms with Crippen LogP contribution in [0.3, 0.4) is 0 Å². The third-order valence-electron chi connectivity index (χ3n) is 1.71. The van der Waals surface area contributed by atoms with Gasteiger partial charge in [0, 0.05) is 13.0 Å². The van der Waals surface area contributed by atoms with Crippen LogP contribution in [-0.2, 0) is 6.54 Å². The number of nitrogen functional groups attached to an aromatic ring is 1. The maximum Gasteiger partial charge on any atom is 0.240 e. The van der Waals surface area contributed by atoms with Crippen molar-refractivity contribution in [3.63, 3.8) is 0 Å². The highest BCUT2D eigenvalue weighted by molar-refractivity contribution is 9.10. The van der Waals surface area contributed by atoms with Crippen LogP contribution in [-0.4, -0.2) is 21.2 Å². The molecule has 0 saturated carbocycles. The number of hydrogen-bond donors (Lipinski definition) is 1. The van der Waals surface area contributed by atoms with Gasteiger partial charge in [0.25, 0.3) is 0 Å². The number of hydrogen-bond acceptors (Lipinski definition) is 3. The van der Waals surface area contributed by atoms with Gasteiger partial charge in [0.15, 0.2) is 4.73 Å². The second-order valence-corrected chi connectivity index (χ2v) is 3.86. The molecule has 7 heteroatoms. The van der Waals surface area contributed by atoms with Crippen molar-refractivity contribution in [3.8, 4) is 0 Å². The Morgan fingerprint density at radius 2 is 2.21 bits per heavy atom. The van der Waals surface area contributed by atoms with Crippen molar-refractivity contribution in [2.45, 2.75) is 26.3 Å². The molecule has 2 N–H and O–H groups in total. The Bertz CT molecular complexity index is 302. The molecule has 1 atom stereocenters. The van der Waals surface area contributed by atoms with Gasteiger partial charge in [-0.3, -0.25) is 0 Å². The van der Waals surface area contributed by atoms with Crippen molar-refractivity contribution in [2.75, 3.05) is 5.73 Å². The van der Waals surface area contributed by atoms with Gasteiger partial charge in [0.2, 0.25) is 12.4 Å². The lowest BCUT2D eigenvalue weighted by molar-refractivity contribution is 0.113. The Morgan fingerprint density at radius 3 is 2.64 bits per heavy atom. The molecule has 1 rings (SSSR count). The normalized spacial score (nSPS) is 13.5. The highest BCUT2D eigenvalue weighted by atomic mass is 79.9. The van der Waals surface area contributed by atoms with E-state index < -0.39 is 6.43 Å². The molecule has 4 nitrogen and oxygen atoms in total. The number of anilines is 1. The molecule has 1 unspecified atom stereocenters. The van der Waals surface area contributed by atoms with E-state index >= 15 is 0 Å². The van der Waals surface area contributed by atoms with Crippen molar-refractivity contribution in [1.82, 2.24) is 14.8 Å². The summed E-state index contributed by atoms with van der Waals surface area (Å²) in [6.07, 6.45) is -2.43. The molecule has 0 aliphatic rings. The van der Waals surface area contributed by atoms with Crippen LogP contribution >= 0.6 is 15.9 Å². The fourth-order valence-electron chi connectivity index (χ4n) is 1.13. The van der Waals surface area contributed by atoms with Crippen LogP contribution < -0.4 is 5.73 Å². The first-order valence-electron chi connectivity index (χ1n) is 4.13. The maximum atomic E-state index is 12.0. The Balaban J connectivity index is 2.55. The predicted molar refractivity (Wildman–Crippen MR) is 51.9 cm³/mol. The molecule has 80 valence electrons. The first-order chi connectivity index (χ1) is 6.49. The molecule has 0 radical (unpaired) electrons. The monoisotopic (exact) mass is 268 g/mol. The summed E-state index contributed by atoms with van der Waals surface area (Å²) in [5.41, 5.74) is 5.34. The quantitative estimate of drug-likeness (QED) is 0.908. The minimum absolute atomic E-state index is 0.140. The molecule has 0 amide bonds. The number of nitrogens with zero attached hydrogens (tertiary/aromatic N) is 3. The first-order valence-corrected chi connectivity index (χ1v) is 4.92. The zero-order valence-corrected chi connectivity index (χ0v) is 9.21. The standard InChI is InChI=1S/C7H11BrF2N4/c1-4(2-5(9)10)3-14-6(8)12-7(11)13-14/h4-5H,2-3H2,1H3,(H2,11,13). The van der Waals surface area contributed by atoms with Crippen molar-refractivity contribution in [2.24, 2.45) is 5.92 Å². The minimum atomic E-state index is -2.29. The lowest BCUT2D eigenvalue weighted by Gasteiger charge is -2.10. The summed E-state index contributed by atoms with van der Waals surface area (Å²) >= 11 is 3.13. The van der Waals surface area contributed by atoms with Crippen LogP contribution in [0.2, 0.25) is 0 Å². The fourth-order valence-corrected chi connectivity index (χ4v) is 1.54. The van der Waals surface area contributed by atoms with E-state index in [2.05, 4.69) is 26.0 Å². The maximum absolute atomic E-state index is 12.0. The van der Waals surface area contributed by atoms with Gasteiger partial charge in [-0.2, -0.15) is 4.98 Å². The molecule has 0 saturated heterocycles. The summed E-state index contributed by atoms with van der Waals surface area (Å²) in [6.45, 7) is 2.12. The molecule has 14 heavy (non-hydrogen) atoms. The second-order valence-electron chi connectivity index (χ2n) is 3.15. The molecule has 0 aliphatic heterocycles. The summed E-state index contributed by atoms with van der Waals surface area (Å²) in [7, 11) is 0. The minimum Gasteiger partial charge on any atom is -0.366 e. The van der Waals surface area contributed by atoms with Gasteiger partial charge >= 0.3 is 0 Å². The fraction of sp³-hybridized carbons (Fsp3) is 0.714. The summed E-state index contributed by atoms with van der Waals surface area (Å²) in [5, 5.41) is 3.85. The van der Waals surface area contributed by atoms with Gasteiger partial charge in [-0.1, -0.05) is 6.92 Å². The molecule has 0 spiro atoms. The van der Waals surface area contributed by atoms with E-state index in [0.29, 0.717) is 11.3 Å². The van der Waals surface area contributed by atoms with E-state index in [1.807, 2.05) is 0 Å². The van der Waals surface area contributed by atoms with Crippen molar-refractivity contribution in [3.05, 3.63) is 4.73 Å². The molecule has 1 heterocycles. The van der Waals surface area contributed by atoms with E-state index in [9.17, 15) is 8.78 Å². The SMILES string of the molecule is CC(CC(F)F)Cn1nc(N)nc1Br. The molecule has 0 aromatic carbocycles. The molecule has 0 aliphatic carbocycles. The van der Waals surface area contributed by atoms with Crippen LogP contribution in [0.15, 0.2) is 4.73 Å². The van der Waals surface area contributed by atoms with Crippen molar-refractivity contribution >= 4 is 21.9 Å². The van der Waals surface area contributed by atoms with E-state index in [1.54, 1.807) is 6.92 Å². The average molecular weight is 269 g/mol.